The van der Waals surface area contributed by atoms with Crippen LogP contribution in [0.1, 0.15) is 64.1 Å². The van der Waals surface area contributed by atoms with Crippen molar-refractivity contribution in [2.24, 2.45) is 0 Å². The van der Waals surface area contributed by atoms with E-state index < -0.39 is 0 Å². The van der Waals surface area contributed by atoms with Crippen LogP contribution in [0.4, 0.5) is 0 Å². The molecule has 0 aromatic carbocycles. The van der Waals surface area contributed by atoms with Crippen molar-refractivity contribution in [1.82, 2.24) is 14.9 Å². The van der Waals surface area contributed by atoms with E-state index in [1.807, 2.05) is 6.20 Å². The minimum atomic E-state index is 0.617. The zero-order chi connectivity index (χ0) is 12.8. The lowest BCUT2D eigenvalue weighted by atomic mass is 9.83. The van der Waals surface area contributed by atoms with Gasteiger partial charge in [0.15, 0.2) is 0 Å². The van der Waals surface area contributed by atoms with Crippen molar-refractivity contribution in [3.05, 3.63) is 18.2 Å². The van der Waals surface area contributed by atoms with E-state index in [4.69, 9.17) is 0 Å². The van der Waals surface area contributed by atoms with E-state index in [2.05, 4.69) is 34.9 Å². The summed E-state index contributed by atoms with van der Waals surface area (Å²) in [5.41, 5.74) is 0. The van der Waals surface area contributed by atoms with Gasteiger partial charge in [0.05, 0.1) is 0 Å². The summed E-state index contributed by atoms with van der Waals surface area (Å²) in [6.07, 6.45) is 11.8. The van der Waals surface area contributed by atoms with Crippen LogP contribution >= 0.6 is 0 Å². The molecule has 3 heteroatoms. The maximum atomic E-state index is 4.64. The highest BCUT2D eigenvalue weighted by Gasteiger charge is 2.28. The van der Waals surface area contributed by atoms with Crippen LogP contribution in [0.3, 0.4) is 0 Å². The molecule has 1 aromatic heterocycles. The second-order valence-electron chi connectivity index (χ2n) is 5.43. The molecule has 1 fully saturated rings. The van der Waals surface area contributed by atoms with Gasteiger partial charge in [0.2, 0.25) is 0 Å². The third-order valence-corrected chi connectivity index (χ3v) is 3.97. The van der Waals surface area contributed by atoms with Crippen LogP contribution in [0.2, 0.25) is 0 Å². The number of hydrogen-bond donors (Lipinski definition) is 1. The van der Waals surface area contributed by atoms with Crippen molar-refractivity contribution in [2.45, 2.75) is 70.9 Å². The quantitative estimate of drug-likeness (QED) is 0.838. The summed E-state index contributed by atoms with van der Waals surface area (Å²) in [6, 6.07) is 0.636. The first-order chi connectivity index (χ1) is 8.86. The summed E-state index contributed by atoms with van der Waals surface area (Å²) < 4.78 is 2.36. The molecule has 1 N–H and O–H groups in total. The van der Waals surface area contributed by atoms with Gasteiger partial charge >= 0.3 is 0 Å². The molecule has 1 aromatic rings. The van der Waals surface area contributed by atoms with E-state index in [1.54, 1.807) is 0 Å². The van der Waals surface area contributed by atoms with E-state index >= 15 is 0 Å². The average molecular weight is 249 g/mol. The minimum Gasteiger partial charge on any atom is -0.335 e. The van der Waals surface area contributed by atoms with Gasteiger partial charge in [0, 0.05) is 30.9 Å². The van der Waals surface area contributed by atoms with E-state index in [-0.39, 0.29) is 0 Å². The smallest absolute Gasteiger partial charge is 0.113 e. The molecule has 0 spiro atoms. The van der Waals surface area contributed by atoms with Crippen LogP contribution in [-0.2, 0) is 6.54 Å². The summed E-state index contributed by atoms with van der Waals surface area (Å²) in [6.45, 7) is 6.71. The number of aryl methyl sites for hydroxylation is 1. The first-order valence-electron chi connectivity index (χ1n) is 7.61. The fraction of sp³-hybridized carbons (Fsp3) is 0.800. The van der Waals surface area contributed by atoms with Crippen LogP contribution in [0, 0.1) is 0 Å². The van der Waals surface area contributed by atoms with Crippen molar-refractivity contribution in [3.63, 3.8) is 0 Å². The summed E-state index contributed by atoms with van der Waals surface area (Å²) in [5.74, 6) is 1.93. The standard InChI is InChI=1S/C15H27N3/c1-3-9-16-14-8-6-5-7-13(14)15-17-10-12-18(15)11-4-2/h10,12-14,16H,3-9,11H2,1-2H3. The molecule has 1 saturated carbocycles. The van der Waals surface area contributed by atoms with Crippen LogP contribution in [0.5, 0.6) is 0 Å². The molecule has 2 rings (SSSR count). The largest absolute Gasteiger partial charge is 0.335 e. The van der Waals surface area contributed by atoms with Crippen molar-refractivity contribution < 1.29 is 0 Å². The maximum Gasteiger partial charge on any atom is 0.113 e. The van der Waals surface area contributed by atoms with E-state index in [0.717, 1.165) is 13.1 Å². The Balaban J connectivity index is 2.09. The number of hydrogen-bond acceptors (Lipinski definition) is 2. The fourth-order valence-electron chi connectivity index (χ4n) is 3.09. The molecule has 1 heterocycles. The highest BCUT2D eigenvalue weighted by atomic mass is 15.1. The zero-order valence-corrected chi connectivity index (χ0v) is 11.9. The summed E-state index contributed by atoms with van der Waals surface area (Å²) >= 11 is 0. The van der Waals surface area contributed by atoms with Crippen LogP contribution < -0.4 is 5.32 Å². The first kappa shape index (κ1) is 13.6. The topological polar surface area (TPSA) is 29.9 Å². The molecular weight excluding hydrogens is 222 g/mol. The van der Waals surface area contributed by atoms with Crippen molar-refractivity contribution in [1.29, 1.82) is 0 Å². The lowest BCUT2D eigenvalue weighted by Crippen LogP contribution is -2.38. The molecule has 2 unspecified atom stereocenters. The number of nitrogens with zero attached hydrogens (tertiary/aromatic N) is 2. The Morgan fingerprint density at radius 2 is 2.11 bits per heavy atom. The number of nitrogens with one attached hydrogen (secondary N) is 1. The Morgan fingerprint density at radius 3 is 2.89 bits per heavy atom. The van der Waals surface area contributed by atoms with Crippen LogP contribution in [0.25, 0.3) is 0 Å². The van der Waals surface area contributed by atoms with Crippen molar-refractivity contribution >= 4 is 0 Å². The van der Waals surface area contributed by atoms with Gasteiger partial charge in [-0.15, -0.1) is 0 Å². The van der Waals surface area contributed by atoms with Gasteiger partial charge < -0.3 is 9.88 Å². The van der Waals surface area contributed by atoms with Gasteiger partial charge in [-0.3, -0.25) is 0 Å². The predicted octanol–water partition coefficient (Wildman–Crippen LogP) is 3.32. The summed E-state index contributed by atoms with van der Waals surface area (Å²) in [4.78, 5) is 4.64. The monoisotopic (exact) mass is 249 g/mol. The first-order valence-corrected chi connectivity index (χ1v) is 7.61. The number of imidazole rings is 1. The van der Waals surface area contributed by atoms with Crippen LogP contribution in [0.15, 0.2) is 12.4 Å². The van der Waals surface area contributed by atoms with Gasteiger partial charge in [-0.05, 0) is 32.2 Å². The Labute approximate surface area is 111 Å². The Hall–Kier alpha value is -0.830. The highest BCUT2D eigenvalue weighted by molar-refractivity contribution is 5.06. The third kappa shape index (κ3) is 3.14. The van der Waals surface area contributed by atoms with Gasteiger partial charge in [0.1, 0.15) is 5.82 Å². The lowest BCUT2D eigenvalue weighted by molar-refractivity contribution is 0.312. The second-order valence-corrected chi connectivity index (χ2v) is 5.43. The van der Waals surface area contributed by atoms with Crippen molar-refractivity contribution in [3.8, 4) is 0 Å². The molecule has 0 amide bonds. The minimum absolute atomic E-state index is 0.617. The average Bonchev–Trinajstić information content (AvgIpc) is 2.85. The third-order valence-electron chi connectivity index (χ3n) is 3.97. The molecule has 1 aliphatic carbocycles. The molecule has 0 saturated heterocycles. The van der Waals surface area contributed by atoms with E-state index in [0.29, 0.717) is 12.0 Å². The predicted molar refractivity (Wildman–Crippen MR) is 75.8 cm³/mol. The molecule has 102 valence electrons. The number of rotatable bonds is 6. The Kier molecular flexibility index (Phi) is 5.24. The van der Waals surface area contributed by atoms with E-state index in [1.165, 1.54) is 44.3 Å². The normalized spacial score (nSPS) is 24.3. The van der Waals surface area contributed by atoms with E-state index in [9.17, 15) is 0 Å². The summed E-state index contributed by atoms with van der Waals surface area (Å²) in [7, 11) is 0. The molecule has 0 aliphatic heterocycles. The second kappa shape index (κ2) is 6.93. The van der Waals surface area contributed by atoms with Gasteiger partial charge in [-0.25, -0.2) is 4.98 Å². The summed E-state index contributed by atoms with van der Waals surface area (Å²) in [5, 5.41) is 3.73. The SMILES string of the molecule is CCCNC1CCCCC1c1nccn1CCC. The molecule has 2 atom stereocenters. The van der Waals surface area contributed by atoms with Gasteiger partial charge in [0.25, 0.3) is 0 Å². The molecular formula is C15H27N3. The molecule has 0 bridgehead atoms. The fourth-order valence-corrected chi connectivity index (χ4v) is 3.09. The molecule has 18 heavy (non-hydrogen) atoms. The highest BCUT2D eigenvalue weighted by Crippen LogP contribution is 2.32. The molecule has 3 nitrogen and oxygen atoms in total. The maximum absolute atomic E-state index is 4.64. The Bertz CT molecular complexity index is 345. The van der Waals surface area contributed by atoms with Crippen molar-refractivity contribution in [2.75, 3.05) is 6.54 Å². The van der Waals surface area contributed by atoms with Crippen LogP contribution in [-0.4, -0.2) is 22.1 Å². The molecule has 1 aliphatic rings. The van der Waals surface area contributed by atoms with Gasteiger partial charge in [-0.1, -0.05) is 26.7 Å². The molecule has 0 radical (unpaired) electrons. The van der Waals surface area contributed by atoms with Gasteiger partial charge in [-0.2, -0.15) is 0 Å². The lowest BCUT2D eigenvalue weighted by Gasteiger charge is -2.32. The number of aromatic nitrogens is 2. The Morgan fingerprint density at radius 1 is 1.28 bits per heavy atom. The zero-order valence-electron chi connectivity index (χ0n) is 11.9.